The number of esters is 1. The van der Waals surface area contributed by atoms with Crippen LogP contribution in [0, 0.1) is 17.8 Å². The van der Waals surface area contributed by atoms with Gasteiger partial charge >= 0.3 is 5.97 Å². The maximum Gasteiger partial charge on any atom is 0.313 e. The third kappa shape index (κ3) is 7.68. The number of aliphatic hydroxyl groups is 1. The number of morpholine rings is 1. The molecule has 0 radical (unpaired) electrons. The number of likely N-dealkylation sites (tertiary alicyclic amines) is 1. The summed E-state index contributed by atoms with van der Waals surface area (Å²) in [5.74, 6) is -3.45. The van der Waals surface area contributed by atoms with Gasteiger partial charge in [0.2, 0.25) is 17.7 Å². The summed E-state index contributed by atoms with van der Waals surface area (Å²) in [6.07, 6.45) is 4.31. The number of nitrogens with one attached hydrogen (secondary N) is 1. The number of rotatable bonds is 18. The van der Waals surface area contributed by atoms with Gasteiger partial charge in [0, 0.05) is 39.1 Å². The van der Waals surface area contributed by atoms with Gasteiger partial charge in [-0.15, -0.1) is 13.2 Å². The predicted octanol–water partition coefficient (Wildman–Crippen LogP) is 2.48. The summed E-state index contributed by atoms with van der Waals surface area (Å²) in [4.78, 5) is 61.8. The lowest BCUT2D eigenvalue weighted by molar-refractivity contribution is -0.161. The molecule has 8 atom stereocenters. The molecule has 1 spiro atoms. The Morgan fingerprint density at radius 3 is 2.58 bits per heavy atom. The first kappa shape index (κ1) is 37.7. The molecule has 4 heterocycles. The molecule has 2 N–H and O–H groups in total. The lowest BCUT2D eigenvalue weighted by atomic mass is 9.70. The maximum atomic E-state index is 14.8. The van der Waals surface area contributed by atoms with Crippen LogP contribution >= 0.6 is 0 Å². The Morgan fingerprint density at radius 1 is 1.18 bits per heavy atom. The topological polar surface area (TPSA) is 138 Å². The van der Waals surface area contributed by atoms with Crippen LogP contribution in [0.4, 0.5) is 0 Å². The second-order valence-electron chi connectivity index (χ2n) is 13.9. The molecule has 0 aromatic heterocycles. The van der Waals surface area contributed by atoms with Crippen LogP contribution in [-0.4, -0.2) is 126 Å². The number of aliphatic hydroxyl groups excluding tert-OH is 1. The molecule has 5 rings (SSSR count). The van der Waals surface area contributed by atoms with Crippen LogP contribution < -0.4 is 5.32 Å². The fourth-order valence-electron chi connectivity index (χ4n) is 8.16. The van der Waals surface area contributed by atoms with E-state index in [4.69, 9.17) is 14.2 Å². The molecule has 0 aliphatic carbocycles. The van der Waals surface area contributed by atoms with Crippen LogP contribution in [-0.2, 0) is 33.4 Å². The van der Waals surface area contributed by atoms with Crippen molar-refractivity contribution in [3.05, 3.63) is 61.2 Å². The molecule has 3 amide bonds. The van der Waals surface area contributed by atoms with E-state index in [-0.39, 0.29) is 49.8 Å². The number of fused-ring (bicyclic) bond motifs is 1. The number of hydrogen-bond acceptors (Lipinski definition) is 9. The normalized spacial score (nSPS) is 27.7. The first-order valence-electron chi connectivity index (χ1n) is 18.1. The first-order chi connectivity index (χ1) is 24.2. The van der Waals surface area contributed by atoms with Gasteiger partial charge in [-0.25, -0.2) is 0 Å². The average Bonchev–Trinajstić information content (AvgIpc) is 3.79. The number of carbonyl (C=O) groups is 4. The highest BCUT2D eigenvalue weighted by Gasteiger charge is 2.76. The molecule has 1 aromatic carbocycles. The summed E-state index contributed by atoms with van der Waals surface area (Å²) in [7, 11) is 0. The molecule has 0 saturated carbocycles. The van der Waals surface area contributed by atoms with Gasteiger partial charge in [-0.05, 0) is 30.7 Å². The third-order valence-electron chi connectivity index (χ3n) is 11.0. The number of allylic oxidation sites excluding steroid dienone is 1. The number of carbonyl (C=O) groups excluding carboxylic acids is 4. The van der Waals surface area contributed by atoms with Crippen LogP contribution in [0.15, 0.2) is 55.6 Å². The third-order valence-corrected chi connectivity index (χ3v) is 11.0. The van der Waals surface area contributed by atoms with E-state index in [9.17, 15) is 24.3 Å². The monoisotopic (exact) mass is 694 g/mol. The molecule has 274 valence electrons. The first-order valence-corrected chi connectivity index (χ1v) is 18.1. The fourth-order valence-corrected chi connectivity index (χ4v) is 8.16. The van der Waals surface area contributed by atoms with E-state index in [0.29, 0.717) is 57.6 Å². The van der Waals surface area contributed by atoms with E-state index in [1.165, 1.54) is 0 Å². The number of nitrogens with zero attached hydrogens (tertiary/aromatic N) is 3. The summed E-state index contributed by atoms with van der Waals surface area (Å²) in [5.41, 5.74) is -0.545. The quantitative estimate of drug-likeness (QED) is 0.175. The zero-order valence-electron chi connectivity index (χ0n) is 29.5. The minimum absolute atomic E-state index is 0.0568. The van der Waals surface area contributed by atoms with Crippen molar-refractivity contribution in [2.45, 2.75) is 75.8 Å². The number of benzene rings is 1. The second kappa shape index (κ2) is 17.1. The van der Waals surface area contributed by atoms with Crippen molar-refractivity contribution in [3.63, 3.8) is 0 Å². The van der Waals surface area contributed by atoms with E-state index in [1.54, 1.807) is 22.0 Å². The SMILES string of the molecule is C=CCCC(=O)NC[C@@H](OC(=O)[C@@H]1[C@H]2C(=O)N([C@@H](CO)[C@@H](C)CC)[C@H](C(=O)N(CC=C)CCN3CCOCC3)[C@]23CC[C@H]1O3)c1ccccc1. The van der Waals surface area contributed by atoms with Gasteiger partial charge in [0.25, 0.3) is 0 Å². The summed E-state index contributed by atoms with van der Waals surface area (Å²) in [6.45, 7) is 15.4. The highest BCUT2D eigenvalue weighted by atomic mass is 16.6. The molecule has 1 aromatic rings. The molecule has 4 aliphatic heterocycles. The molecule has 4 saturated heterocycles. The molecule has 12 nitrogen and oxygen atoms in total. The van der Waals surface area contributed by atoms with Crippen LogP contribution in [0.3, 0.4) is 0 Å². The van der Waals surface area contributed by atoms with E-state index in [2.05, 4.69) is 23.4 Å². The fraction of sp³-hybridized carbons (Fsp3) is 0.632. The predicted molar refractivity (Wildman–Crippen MR) is 187 cm³/mol. The summed E-state index contributed by atoms with van der Waals surface area (Å²) in [5, 5.41) is 13.6. The van der Waals surface area contributed by atoms with Gasteiger partial charge in [0.1, 0.15) is 17.7 Å². The van der Waals surface area contributed by atoms with Gasteiger partial charge in [-0.3, -0.25) is 24.1 Å². The van der Waals surface area contributed by atoms with Crippen molar-refractivity contribution < 1.29 is 38.5 Å². The second-order valence-corrected chi connectivity index (χ2v) is 13.9. The van der Waals surface area contributed by atoms with Crippen molar-refractivity contribution in [3.8, 4) is 0 Å². The molecular weight excluding hydrogens is 640 g/mol. The van der Waals surface area contributed by atoms with Gasteiger partial charge in [-0.1, -0.05) is 62.8 Å². The molecule has 4 aliphatic rings. The minimum Gasteiger partial charge on any atom is -0.455 e. The zero-order valence-corrected chi connectivity index (χ0v) is 29.5. The summed E-state index contributed by atoms with van der Waals surface area (Å²) in [6, 6.07) is 7.50. The smallest absolute Gasteiger partial charge is 0.313 e. The Hall–Kier alpha value is -3.58. The molecule has 50 heavy (non-hydrogen) atoms. The largest absolute Gasteiger partial charge is 0.455 e. The van der Waals surface area contributed by atoms with Gasteiger partial charge < -0.3 is 34.4 Å². The zero-order chi connectivity index (χ0) is 35.8. The standard InChI is InChI=1S/C38H54N4O8/c1-5-8-14-31(44)39-24-30(27-12-10-9-11-13-27)49-37(47)32-29-15-16-38(50-29)33(32)35(45)42(28(25-43)26(4)7-3)34(38)36(46)41(17-6-2)19-18-40-20-22-48-23-21-40/h5-6,9-13,26,28-30,32-34,43H,1-2,7-8,14-25H2,3-4H3,(H,39,44)/t26-,28-,29+,30+,32-,33-,34+,38-/m0/s1. The summed E-state index contributed by atoms with van der Waals surface area (Å²) < 4.78 is 18.3. The van der Waals surface area contributed by atoms with Crippen molar-refractivity contribution >= 4 is 23.7 Å². The van der Waals surface area contributed by atoms with E-state index >= 15 is 0 Å². The van der Waals surface area contributed by atoms with E-state index < -0.39 is 47.7 Å². The van der Waals surface area contributed by atoms with Crippen LogP contribution in [0.2, 0.25) is 0 Å². The summed E-state index contributed by atoms with van der Waals surface area (Å²) >= 11 is 0. The number of ether oxygens (including phenoxy) is 3. The van der Waals surface area contributed by atoms with Crippen molar-refractivity contribution in [1.29, 1.82) is 0 Å². The van der Waals surface area contributed by atoms with Crippen LogP contribution in [0.25, 0.3) is 0 Å². The van der Waals surface area contributed by atoms with Crippen molar-refractivity contribution in [2.75, 3.05) is 59.1 Å². The molecule has 12 heteroatoms. The Balaban J connectivity index is 1.44. The lowest BCUT2D eigenvalue weighted by Crippen LogP contribution is -2.60. The van der Waals surface area contributed by atoms with Crippen LogP contribution in [0.5, 0.6) is 0 Å². The molecular formula is C38H54N4O8. The average molecular weight is 695 g/mol. The Labute approximate surface area is 295 Å². The van der Waals surface area contributed by atoms with Gasteiger partial charge in [0.15, 0.2) is 0 Å². The Kier molecular flexibility index (Phi) is 12.9. The van der Waals surface area contributed by atoms with Crippen LogP contribution in [0.1, 0.15) is 57.6 Å². The Bertz CT molecular complexity index is 1370. The molecule has 2 bridgehead atoms. The van der Waals surface area contributed by atoms with E-state index in [0.717, 1.165) is 13.1 Å². The van der Waals surface area contributed by atoms with Crippen molar-refractivity contribution in [2.24, 2.45) is 17.8 Å². The van der Waals surface area contributed by atoms with Crippen molar-refractivity contribution in [1.82, 2.24) is 20.0 Å². The number of hydrogen-bond donors (Lipinski definition) is 2. The molecule has 4 fully saturated rings. The molecule has 0 unspecified atom stereocenters. The highest BCUT2D eigenvalue weighted by Crippen LogP contribution is 2.59. The van der Waals surface area contributed by atoms with Gasteiger partial charge in [0.05, 0.1) is 50.3 Å². The number of amides is 3. The minimum atomic E-state index is -1.25. The van der Waals surface area contributed by atoms with Gasteiger partial charge in [-0.2, -0.15) is 0 Å². The lowest BCUT2D eigenvalue weighted by Gasteiger charge is -2.41. The van der Waals surface area contributed by atoms with E-state index in [1.807, 2.05) is 44.2 Å². The maximum absolute atomic E-state index is 14.8. The highest BCUT2D eigenvalue weighted by molar-refractivity contribution is 5.98. The Morgan fingerprint density at radius 2 is 1.92 bits per heavy atom.